The summed E-state index contributed by atoms with van der Waals surface area (Å²) in [5.74, 6) is -2.15. The molecule has 3 rings (SSSR count). The Labute approximate surface area is 191 Å². The van der Waals surface area contributed by atoms with Gasteiger partial charge in [0.15, 0.2) is 0 Å². The van der Waals surface area contributed by atoms with Crippen molar-refractivity contribution in [2.75, 3.05) is 6.54 Å². The minimum atomic E-state index is -1.07. The normalized spacial score (nSPS) is 21.1. The Kier molecular flexibility index (Phi) is 7.92. The first kappa shape index (κ1) is 24.1. The molecule has 3 atom stereocenters. The number of ketones is 1. The fraction of sp³-hybridized carbons (Fsp3) is 0.478. The van der Waals surface area contributed by atoms with Crippen molar-refractivity contribution in [3.8, 4) is 0 Å². The molecule has 2 N–H and O–H groups in total. The molecule has 10 nitrogen and oxygen atoms in total. The number of fused-ring (bicyclic) bond motifs is 1. The minimum absolute atomic E-state index is 0.154. The van der Waals surface area contributed by atoms with Crippen LogP contribution in [0.5, 0.6) is 0 Å². The van der Waals surface area contributed by atoms with Crippen LogP contribution >= 0.6 is 0 Å². The molecule has 1 aromatic rings. The molecule has 0 aliphatic carbocycles. The number of hydrogen-bond donors (Lipinski definition) is 2. The van der Waals surface area contributed by atoms with Gasteiger partial charge in [0.25, 0.3) is 5.91 Å². The van der Waals surface area contributed by atoms with Gasteiger partial charge in [0.2, 0.25) is 17.7 Å². The van der Waals surface area contributed by atoms with Gasteiger partial charge in [-0.25, -0.2) is 5.01 Å². The summed E-state index contributed by atoms with van der Waals surface area (Å²) in [6.45, 7) is 1.59. The van der Waals surface area contributed by atoms with E-state index in [0.717, 1.165) is 10.6 Å². The van der Waals surface area contributed by atoms with Crippen LogP contribution in [0.2, 0.25) is 0 Å². The molecular formula is C23H28N4O6. The Morgan fingerprint density at radius 3 is 2.58 bits per heavy atom. The van der Waals surface area contributed by atoms with Crippen LogP contribution in [0.1, 0.15) is 44.6 Å². The van der Waals surface area contributed by atoms with E-state index < -0.39 is 29.9 Å². The number of aldehydes is 1. The summed E-state index contributed by atoms with van der Waals surface area (Å²) in [7, 11) is 0. The number of carbonyl (C=O) groups excluding carboxylic acids is 6. The summed E-state index contributed by atoms with van der Waals surface area (Å²) in [6.07, 6.45) is 1.58. The molecular weight excluding hydrogens is 428 g/mol. The summed E-state index contributed by atoms with van der Waals surface area (Å²) in [5, 5.41) is 7.45. The number of amides is 4. The lowest BCUT2D eigenvalue weighted by Gasteiger charge is -2.47. The third kappa shape index (κ3) is 6.03. The van der Waals surface area contributed by atoms with Gasteiger partial charge in [-0.05, 0) is 31.7 Å². The third-order valence-corrected chi connectivity index (χ3v) is 5.71. The second-order valence-electron chi connectivity index (χ2n) is 8.32. The van der Waals surface area contributed by atoms with E-state index in [-0.39, 0.29) is 43.4 Å². The fourth-order valence-electron chi connectivity index (χ4n) is 4.12. The van der Waals surface area contributed by atoms with Gasteiger partial charge in [-0.3, -0.25) is 29.0 Å². The summed E-state index contributed by atoms with van der Waals surface area (Å²) < 4.78 is 0. The van der Waals surface area contributed by atoms with Gasteiger partial charge in [-0.15, -0.1) is 0 Å². The van der Waals surface area contributed by atoms with E-state index in [1.165, 1.54) is 11.9 Å². The molecule has 2 saturated heterocycles. The van der Waals surface area contributed by atoms with Gasteiger partial charge in [-0.1, -0.05) is 30.3 Å². The maximum atomic E-state index is 13.2. The summed E-state index contributed by atoms with van der Waals surface area (Å²) in [6, 6.07) is 6.35. The van der Waals surface area contributed by atoms with E-state index in [4.69, 9.17) is 0 Å². The number of benzene rings is 1. The molecule has 0 radical (unpaired) electrons. The predicted octanol–water partition coefficient (Wildman–Crippen LogP) is -0.0949. The molecule has 0 bridgehead atoms. The van der Waals surface area contributed by atoms with Gasteiger partial charge >= 0.3 is 0 Å². The largest absolute Gasteiger partial charge is 0.344 e. The predicted molar refractivity (Wildman–Crippen MR) is 116 cm³/mol. The summed E-state index contributed by atoms with van der Waals surface area (Å²) in [5.41, 5.74) is 0.980. The summed E-state index contributed by atoms with van der Waals surface area (Å²) >= 11 is 0. The highest BCUT2D eigenvalue weighted by molar-refractivity contribution is 5.99. The molecule has 2 aliphatic heterocycles. The van der Waals surface area contributed by atoms with Crippen molar-refractivity contribution in [2.24, 2.45) is 0 Å². The number of carbonyl (C=O) groups is 6. The van der Waals surface area contributed by atoms with E-state index in [1.807, 2.05) is 30.3 Å². The standard InChI is InChI=1S/C23H28N4O6/c1-15(29)12-17(14-28)24-22(32)19-8-5-11-26-21(31)13-18(23(33)27(19)26)25-20(30)10-9-16-6-3-2-4-7-16/h2-4,6-7,14,17-19H,5,8-13H2,1H3,(H,24,32)(H,25,30)/t17-,18?,19-/m0/s1. The summed E-state index contributed by atoms with van der Waals surface area (Å²) in [4.78, 5) is 73.7. The molecule has 0 aromatic heterocycles. The Balaban J connectivity index is 1.67. The van der Waals surface area contributed by atoms with E-state index in [2.05, 4.69) is 10.6 Å². The van der Waals surface area contributed by atoms with E-state index >= 15 is 0 Å². The highest BCUT2D eigenvalue weighted by Crippen LogP contribution is 2.25. The number of aryl methyl sites for hydroxylation is 1. The average molecular weight is 456 g/mol. The zero-order valence-corrected chi connectivity index (χ0v) is 18.5. The molecule has 10 heteroatoms. The van der Waals surface area contributed by atoms with Crippen LogP contribution in [-0.2, 0) is 35.2 Å². The maximum absolute atomic E-state index is 13.2. The van der Waals surface area contributed by atoms with E-state index in [9.17, 15) is 28.8 Å². The van der Waals surface area contributed by atoms with Crippen LogP contribution < -0.4 is 10.6 Å². The molecule has 1 aromatic carbocycles. The topological polar surface area (TPSA) is 133 Å². The van der Waals surface area contributed by atoms with Crippen molar-refractivity contribution in [1.29, 1.82) is 0 Å². The molecule has 2 aliphatic rings. The molecule has 33 heavy (non-hydrogen) atoms. The number of nitrogens with zero attached hydrogens (tertiary/aromatic N) is 2. The fourth-order valence-corrected chi connectivity index (χ4v) is 4.12. The second-order valence-corrected chi connectivity index (χ2v) is 8.32. The number of hydrogen-bond acceptors (Lipinski definition) is 6. The zero-order valence-electron chi connectivity index (χ0n) is 18.5. The quantitative estimate of drug-likeness (QED) is 0.499. The number of Topliss-reactive ketones (excluding diaryl/α,β-unsaturated/α-hetero) is 1. The van der Waals surface area contributed by atoms with Crippen molar-refractivity contribution in [1.82, 2.24) is 20.7 Å². The molecule has 4 amide bonds. The minimum Gasteiger partial charge on any atom is -0.344 e. The van der Waals surface area contributed by atoms with E-state index in [0.29, 0.717) is 25.5 Å². The third-order valence-electron chi connectivity index (χ3n) is 5.71. The van der Waals surface area contributed by atoms with Crippen LogP contribution in [-0.4, -0.2) is 70.4 Å². The number of rotatable bonds is 9. The molecule has 0 spiro atoms. The Hall–Kier alpha value is -3.56. The Bertz CT molecular complexity index is 934. The van der Waals surface area contributed by atoms with Gasteiger partial charge in [0, 0.05) is 19.4 Å². The van der Waals surface area contributed by atoms with Gasteiger partial charge in [0.05, 0.1) is 12.5 Å². The lowest BCUT2D eigenvalue weighted by atomic mass is 10.00. The monoisotopic (exact) mass is 456 g/mol. The van der Waals surface area contributed by atoms with Crippen molar-refractivity contribution in [2.45, 2.75) is 63.6 Å². The van der Waals surface area contributed by atoms with Gasteiger partial charge in [0.1, 0.15) is 24.2 Å². The lowest BCUT2D eigenvalue weighted by Crippen LogP contribution is -2.69. The van der Waals surface area contributed by atoms with Crippen LogP contribution in [0.15, 0.2) is 30.3 Å². The van der Waals surface area contributed by atoms with Crippen LogP contribution in [0.4, 0.5) is 0 Å². The van der Waals surface area contributed by atoms with Crippen molar-refractivity contribution in [3.05, 3.63) is 35.9 Å². The molecule has 2 fully saturated rings. The first-order valence-corrected chi connectivity index (χ1v) is 11.0. The van der Waals surface area contributed by atoms with Crippen molar-refractivity contribution < 1.29 is 28.8 Å². The molecule has 0 saturated carbocycles. The van der Waals surface area contributed by atoms with Gasteiger partial charge < -0.3 is 15.4 Å². The molecule has 1 unspecified atom stereocenters. The van der Waals surface area contributed by atoms with Crippen LogP contribution in [0.3, 0.4) is 0 Å². The van der Waals surface area contributed by atoms with Crippen LogP contribution in [0, 0.1) is 0 Å². The van der Waals surface area contributed by atoms with Crippen LogP contribution in [0.25, 0.3) is 0 Å². The first-order chi connectivity index (χ1) is 15.8. The van der Waals surface area contributed by atoms with Crippen molar-refractivity contribution >= 4 is 35.7 Å². The zero-order chi connectivity index (χ0) is 24.0. The molecule has 176 valence electrons. The second kappa shape index (κ2) is 10.8. The maximum Gasteiger partial charge on any atom is 0.265 e. The van der Waals surface area contributed by atoms with Crippen molar-refractivity contribution in [3.63, 3.8) is 0 Å². The number of nitrogens with one attached hydrogen (secondary N) is 2. The van der Waals surface area contributed by atoms with Gasteiger partial charge in [-0.2, -0.15) is 0 Å². The Morgan fingerprint density at radius 2 is 1.91 bits per heavy atom. The first-order valence-electron chi connectivity index (χ1n) is 11.0. The number of hydrazine groups is 1. The highest BCUT2D eigenvalue weighted by atomic mass is 16.2. The lowest BCUT2D eigenvalue weighted by molar-refractivity contribution is -0.186. The molecule has 2 heterocycles. The average Bonchev–Trinajstić information content (AvgIpc) is 2.80. The van der Waals surface area contributed by atoms with E-state index in [1.54, 1.807) is 0 Å². The Morgan fingerprint density at radius 1 is 1.18 bits per heavy atom. The highest BCUT2D eigenvalue weighted by Gasteiger charge is 2.47. The SMILES string of the molecule is CC(=O)C[C@@H](C=O)NC(=O)[C@@H]1CCCN2C(=O)CC(NC(=O)CCc3ccccc3)C(=O)N12. The smallest absolute Gasteiger partial charge is 0.265 e.